The number of aromatic nitrogens is 2. The molecule has 1 saturated heterocycles. The van der Waals surface area contributed by atoms with Crippen LogP contribution in [-0.2, 0) is 0 Å². The average molecular weight is 326 g/mol. The smallest absolute Gasteiger partial charge is 0.225 e. The quantitative estimate of drug-likeness (QED) is 0.861. The van der Waals surface area contributed by atoms with Crippen LogP contribution >= 0.6 is 35.1 Å². The summed E-state index contributed by atoms with van der Waals surface area (Å²) in [6.45, 7) is 0. The largest absolute Gasteiger partial charge is 0.439 e. The molecule has 1 aliphatic rings. The van der Waals surface area contributed by atoms with Gasteiger partial charge < -0.3 is 10.5 Å². The summed E-state index contributed by atoms with van der Waals surface area (Å²) >= 11 is 9.76. The zero-order valence-electron chi connectivity index (χ0n) is 10.5. The van der Waals surface area contributed by atoms with E-state index in [9.17, 15) is 0 Å². The molecule has 0 amide bonds. The highest BCUT2D eigenvalue weighted by Gasteiger charge is 2.18. The number of halogens is 1. The molecule has 4 nitrogen and oxygen atoms in total. The Morgan fingerprint density at radius 3 is 2.50 bits per heavy atom. The number of nitrogen functional groups attached to an aromatic ring is 1. The number of ether oxygens (including phenoxy) is 1. The van der Waals surface area contributed by atoms with Crippen LogP contribution in [0.2, 0.25) is 5.15 Å². The molecule has 0 aliphatic carbocycles. The zero-order valence-corrected chi connectivity index (χ0v) is 12.8. The number of thioether (sulfide) groups is 2. The molecule has 20 heavy (non-hydrogen) atoms. The molecule has 2 N–H and O–H groups in total. The molecule has 0 radical (unpaired) electrons. The highest BCUT2D eigenvalue weighted by molar-refractivity contribution is 8.19. The van der Waals surface area contributed by atoms with Crippen LogP contribution in [-0.4, -0.2) is 21.5 Å². The van der Waals surface area contributed by atoms with E-state index in [0.717, 1.165) is 0 Å². The molecule has 1 aromatic heterocycles. The first-order valence-electron chi connectivity index (χ1n) is 6.02. The average Bonchev–Trinajstić information content (AvgIpc) is 2.92. The maximum Gasteiger partial charge on any atom is 0.225 e. The van der Waals surface area contributed by atoms with Gasteiger partial charge >= 0.3 is 0 Å². The van der Waals surface area contributed by atoms with Gasteiger partial charge in [0.1, 0.15) is 10.9 Å². The van der Waals surface area contributed by atoms with Gasteiger partial charge in [-0.1, -0.05) is 23.7 Å². The summed E-state index contributed by atoms with van der Waals surface area (Å²) in [5, 5.41) is 0.267. The van der Waals surface area contributed by atoms with Gasteiger partial charge in [-0.05, 0) is 17.7 Å². The Balaban J connectivity index is 1.74. The Labute approximate surface area is 130 Å². The summed E-state index contributed by atoms with van der Waals surface area (Å²) < 4.78 is 6.16. The van der Waals surface area contributed by atoms with Crippen molar-refractivity contribution in [3.63, 3.8) is 0 Å². The van der Waals surface area contributed by atoms with E-state index >= 15 is 0 Å². The van der Waals surface area contributed by atoms with Crippen LogP contribution in [0.3, 0.4) is 0 Å². The first-order valence-corrected chi connectivity index (χ1v) is 8.49. The third-order valence-corrected chi connectivity index (χ3v) is 5.98. The van der Waals surface area contributed by atoms with Crippen molar-refractivity contribution in [2.45, 2.75) is 4.58 Å². The predicted molar refractivity (Wildman–Crippen MR) is 85.6 cm³/mol. The van der Waals surface area contributed by atoms with Gasteiger partial charge in [0.05, 0.1) is 4.58 Å². The monoisotopic (exact) mass is 325 g/mol. The molecule has 1 aliphatic heterocycles. The second kappa shape index (κ2) is 6.11. The molecular weight excluding hydrogens is 314 g/mol. The number of nitrogens with two attached hydrogens (primary N) is 1. The van der Waals surface area contributed by atoms with Crippen molar-refractivity contribution in [2.75, 3.05) is 17.2 Å². The Morgan fingerprint density at radius 1 is 1.15 bits per heavy atom. The van der Waals surface area contributed by atoms with Gasteiger partial charge in [0.25, 0.3) is 0 Å². The maximum atomic E-state index is 5.81. The fourth-order valence-electron chi connectivity index (χ4n) is 1.83. The summed E-state index contributed by atoms with van der Waals surface area (Å²) in [7, 11) is 0. The van der Waals surface area contributed by atoms with Gasteiger partial charge in [-0.3, -0.25) is 0 Å². The summed E-state index contributed by atoms with van der Waals surface area (Å²) in [6, 6.07) is 9.56. The predicted octanol–water partition coefficient (Wildman–Crippen LogP) is 3.98. The van der Waals surface area contributed by atoms with E-state index in [2.05, 4.69) is 22.1 Å². The summed E-state index contributed by atoms with van der Waals surface area (Å²) in [4.78, 5) is 7.77. The van der Waals surface area contributed by atoms with Crippen molar-refractivity contribution >= 4 is 41.1 Å². The number of hydrogen-bond donors (Lipinski definition) is 1. The van der Waals surface area contributed by atoms with E-state index in [-0.39, 0.29) is 11.1 Å². The number of benzene rings is 1. The van der Waals surface area contributed by atoms with E-state index in [1.165, 1.54) is 23.1 Å². The van der Waals surface area contributed by atoms with Gasteiger partial charge in [-0.15, -0.1) is 23.5 Å². The number of rotatable bonds is 3. The molecule has 0 bridgehead atoms. The van der Waals surface area contributed by atoms with Crippen LogP contribution in [0.1, 0.15) is 10.1 Å². The van der Waals surface area contributed by atoms with Crippen LogP contribution in [0.4, 0.5) is 5.95 Å². The van der Waals surface area contributed by atoms with E-state index < -0.39 is 0 Å². The lowest BCUT2D eigenvalue weighted by atomic mass is 10.2. The van der Waals surface area contributed by atoms with Gasteiger partial charge in [-0.2, -0.15) is 4.98 Å². The van der Waals surface area contributed by atoms with Crippen molar-refractivity contribution in [1.82, 2.24) is 9.97 Å². The lowest BCUT2D eigenvalue weighted by Gasteiger charge is -2.10. The molecule has 1 aromatic carbocycles. The Kier molecular flexibility index (Phi) is 4.24. The summed E-state index contributed by atoms with van der Waals surface area (Å²) in [6.07, 6.45) is 0. The van der Waals surface area contributed by atoms with Crippen molar-refractivity contribution in [1.29, 1.82) is 0 Å². The topological polar surface area (TPSA) is 61.0 Å². The van der Waals surface area contributed by atoms with Crippen molar-refractivity contribution in [2.24, 2.45) is 0 Å². The fraction of sp³-hybridized carbons (Fsp3) is 0.231. The minimum Gasteiger partial charge on any atom is -0.439 e. The molecule has 0 unspecified atom stereocenters. The van der Waals surface area contributed by atoms with E-state index in [4.69, 9.17) is 22.1 Å². The van der Waals surface area contributed by atoms with Crippen LogP contribution in [0.25, 0.3) is 0 Å². The van der Waals surface area contributed by atoms with E-state index in [0.29, 0.717) is 16.2 Å². The zero-order chi connectivity index (χ0) is 13.9. The normalized spacial score (nSPS) is 15.4. The third kappa shape index (κ3) is 3.31. The lowest BCUT2D eigenvalue weighted by Crippen LogP contribution is -1.97. The highest BCUT2D eigenvalue weighted by atomic mass is 35.5. The maximum absolute atomic E-state index is 5.81. The van der Waals surface area contributed by atoms with Crippen LogP contribution < -0.4 is 10.5 Å². The van der Waals surface area contributed by atoms with Gasteiger partial charge in [0.2, 0.25) is 11.8 Å². The van der Waals surface area contributed by atoms with Crippen molar-refractivity contribution < 1.29 is 4.74 Å². The first kappa shape index (κ1) is 13.9. The van der Waals surface area contributed by atoms with Crippen LogP contribution in [0, 0.1) is 0 Å². The fourth-order valence-corrected chi connectivity index (χ4v) is 4.87. The van der Waals surface area contributed by atoms with Gasteiger partial charge in [-0.25, -0.2) is 4.98 Å². The standard InChI is InChI=1S/C13H12ClN3OS2/c14-10-7-11(17-13(15)16-10)18-9-3-1-8(2-4-9)12-19-5-6-20-12/h1-4,7,12H,5-6H2,(H2,15,16,17). The van der Waals surface area contributed by atoms with Gasteiger partial charge in [0.15, 0.2) is 0 Å². The number of anilines is 1. The molecule has 2 heterocycles. The molecule has 104 valence electrons. The van der Waals surface area contributed by atoms with Crippen molar-refractivity contribution in [3.8, 4) is 11.6 Å². The van der Waals surface area contributed by atoms with Crippen LogP contribution in [0.15, 0.2) is 30.3 Å². The molecule has 0 spiro atoms. The third-order valence-electron chi connectivity index (χ3n) is 2.69. The molecule has 3 rings (SSSR count). The molecule has 2 aromatic rings. The summed E-state index contributed by atoms with van der Waals surface area (Å²) in [5.74, 6) is 3.58. The van der Waals surface area contributed by atoms with Crippen molar-refractivity contribution in [3.05, 3.63) is 41.0 Å². The molecular formula is C13H12ClN3OS2. The van der Waals surface area contributed by atoms with E-state index in [1.54, 1.807) is 0 Å². The summed E-state index contributed by atoms with van der Waals surface area (Å²) in [5.41, 5.74) is 6.84. The molecule has 7 heteroatoms. The first-order chi connectivity index (χ1) is 9.70. The lowest BCUT2D eigenvalue weighted by molar-refractivity contribution is 0.462. The minimum atomic E-state index is 0.0999. The minimum absolute atomic E-state index is 0.0999. The Morgan fingerprint density at radius 2 is 1.85 bits per heavy atom. The molecule has 0 saturated carbocycles. The number of nitrogens with zero attached hydrogens (tertiary/aromatic N) is 2. The number of hydrogen-bond acceptors (Lipinski definition) is 6. The second-order valence-corrected chi connectivity index (χ2v) is 7.24. The second-order valence-electron chi connectivity index (χ2n) is 4.13. The van der Waals surface area contributed by atoms with E-state index in [1.807, 2.05) is 35.7 Å². The highest BCUT2D eigenvalue weighted by Crippen LogP contribution is 2.45. The molecule has 1 fully saturated rings. The van der Waals surface area contributed by atoms with Gasteiger partial charge in [0, 0.05) is 17.6 Å². The molecule has 0 atom stereocenters. The SMILES string of the molecule is Nc1nc(Cl)cc(Oc2ccc(C3SCCS3)cc2)n1. The Bertz CT molecular complexity index is 583. The Hall–Kier alpha value is -1.11. The van der Waals surface area contributed by atoms with Crippen LogP contribution in [0.5, 0.6) is 11.6 Å².